The minimum absolute atomic E-state index is 0.373. The van der Waals surface area contributed by atoms with Crippen molar-refractivity contribution in [2.45, 2.75) is 25.4 Å². The van der Waals surface area contributed by atoms with Crippen LogP contribution in [0.5, 0.6) is 0 Å². The molecule has 0 saturated carbocycles. The van der Waals surface area contributed by atoms with Crippen molar-refractivity contribution in [3.63, 3.8) is 0 Å². The summed E-state index contributed by atoms with van der Waals surface area (Å²) in [6.07, 6.45) is 5.70. The molecule has 0 amide bonds. The van der Waals surface area contributed by atoms with Gasteiger partial charge in [-0.25, -0.2) is 0 Å². The first-order chi connectivity index (χ1) is 5.83. The van der Waals surface area contributed by atoms with Gasteiger partial charge < -0.3 is 0 Å². The zero-order valence-corrected chi connectivity index (χ0v) is 9.34. The minimum atomic E-state index is 0.373. The van der Waals surface area contributed by atoms with E-state index in [4.69, 9.17) is 10.1 Å². The molecule has 1 unspecified atom stereocenters. The molecule has 70 valence electrons. The summed E-state index contributed by atoms with van der Waals surface area (Å²) in [4.78, 5) is 0. The van der Waals surface area contributed by atoms with Crippen LogP contribution in [0.4, 0.5) is 0 Å². The third kappa shape index (κ3) is 3.56. The fourth-order valence-corrected chi connectivity index (χ4v) is 2.97. The Morgan fingerprint density at radius 2 is 2.50 bits per heavy atom. The summed E-state index contributed by atoms with van der Waals surface area (Å²) in [5.41, 5.74) is 0. The van der Waals surface area contributed by atoms with E-state index in [2.05, 4.69) is 6.58 Å². The molecule has 12 heavy (non-hydrogen) atoms. The molecular weight excluding hydrogens is 265 g/mol. The molecule has 1 atom stereocenters. The Bertz CT molecular complexity index is 162. The number of hydrogen-bond donors (Lipinski definition) is 1. The molecule has 1 aliphatic rings. The van der Waals surface area contributed by atoms with Crippen molar-refractivity contribution in [2.75, 3.05) is 8.86 Å². The molecule has 3 heteroatoms. The van der Waals surface area contributed by atoms with E-state index in [0.29, 0.717) is 33.2 Å². The van der Waals surface area contributed by atoms with Crippen molar-refractivity contribution in [2.24, 2.45) is 0 Å². The first kappa shape index (κ1) is 10.0. The van der Waals surface area contributed by atoms with Gasteiger partial charge in [-0.2, -0.15) is 0 Å². The molecule has 0 aromatic heterocycles. The van der Waals surface area contributed by atoms with Crippen LogP contribution in [-0.2, 0) is 4.74 Å². The predicted molar refractivity (Wildman–Crippen MR) is 46.4 cm³/mol. The van der Waals surface area contributed by atoms with Gasteiger partial charge in [-0.05, 0) is 0 Å². The van der Waals surface area contributed by atoms with Gasteiger partial charge in [0, 0.05) is 0 Å². The van der Waals surface area contributed by atoms with Crippen molar-refractivity contribution in [1.82, 2.24) is 0 Å². The molecule has 1 saturated heterocycles. The van der Waals surface area contributed by atoms with Crippen LogP contribution in [0.25, 0.3) is 0 Å². The number of ether oxygens (including phenoxy) is 1. The summed E-state index contributed by atoms with van der Waals surface area (Å²) in [7, 11) is 0. The van der Waals surface area contributed by atoms with E-state index in [1.165, 1.54) is 15.3 Å². The van der Waals surface area contributed by atoms with E-state index < -0.39 is 0 Å². The van der Waals surface area contributed by atoms with Crippen molar-refractivity contribution in [3.05, 3.63) is 12.7 Å². The number of hydrogen-bond acceptors (Lipinski definition) is 2. The molecule has 1 fully saturated rings. The molecule has 0 spiro atoms. The number of rotatable bonds is 6. The second kappa shape index (κ2) is 5.56. The summed E-state index contributed by atoms with van der Waals surface area (Å²) < 4.78 is 7.73. The molecule has 0 radical (unpaired) electrons. The SMILES string of the molecule is C=CC[I-]CCCC1CC(=N)O1. The van der Waals surface area contributed by atoms with E-state index in [9.17, 15) is 0 Å². The van der Waals surface area contributed by atoms with Gasteiger partial charge in [-0.3, -0.25) is 0 Å². The first-order valence-corrected chi connectivity index (χ1v) is 7.26. The number of halogens is 1. The molecule has 0 bridgehead atoms. The monoisotopic (exact) mass is 280 g/mol. The van der Waals surface area contributed by atoms with Crippen LogP contribution in [-0.4, -0.2) is 20.9 Å². The predicted octanol–water partition coefficient (Wildman–Crippen LogP) is -1.19. The fourth-order valence-electron chi connectivity index (χ4n) is 1.11. The van der Waals surface area contributed by atoms with Crippen LogP contribution < -0.4 is 21.2 Å². The number of nitrogens with one attached hydrogen (secondary N) is 1. The van der Waals surface area contributed by atoms with Crippen molar-refractivity contribution < 1.29 is 25.9 Å². The van der Waals surface area contributed by atoms with Crippen LogP contribution in [0.15, 0.2) is 12.7 Å². The molecular formula is C9H15INO-. The van der Waals surface area contributed by atoms with E-state index in [0.717, 1.165) is 12.8 Å². The standard InChI is InChI=1S/C9H15INO/c1-2-5-10-6-3-4-8-7-9(11)12-8/h2,8,11H,1,3-7H2/q-1. The van der Waals surface area contributed by atoms with Gasteiger partial charge in [-0.15, -0.1) is 0 Å². The zero-order valence-electron chi connectivity index (χ0n) is 7.18. The molecule has 0 aromatic carbocycles. The second-order valence-electron chi connectivity index (χ2n) is 2.83. The molecule has 1 aliphatic heterocycles. The molecule has 2 nitrogen and oxygen atoms in total. The Morgan fingerprint density at radius 1 is 1.75 bits per heavy atom. The van der Waals surface area contributed by atoms with E-state index >= 15 is 0 Å². The van der Waals surface area contributed by atoms with Crippen molar-refractivity contribution in [3.8, 4) is 0 Å². The van der Waals surface area contributed by atoms with Crippen LogP contribution in [0.3, 0.4) is 0 Å². The van der Waals surface area contributed by atoms with Gasteiger partial charge in [0.2, 0.25) is 0 Å². The van der Waals surface area contributed by atoms with E-state index in [1.54, 1.807) is 0 Å². The van der Waals surface area contributed by atoms with Crippen LogP contribution in [0, 0.1) is 5.41 Å². The van der Waals surface area contributed by atoms with Crippen LogP contribution in [0.2, 0.25) is 0 Å². The second-order valence-corrected chi connectivity index (χ2v) is 5.87. The van der Waals surface area contributed by atoms with E-state index in [1.807, 2.05) is 6.08 Å². The Kier molecular flexibility index (Phi) is 4.65. The number of allylic oxidation sites excluding steroid dienone is 1. The van der Waals surface area contributed by atoms with Gasteiger partial charge in [-0.1, -0.05) is 0 Å². The third-order valence-electron chi connectivity index (χ3n) is 1.73. The van der Waals surface area contributed by atoms with Crippen LogP contribution in [0.1, 0.15) is 19.3 Å². The Balaban J connectivity index is 1.83. The van der Waals surface area contributed by atoms with Crippen molar-refractivity contribution in [1.29, 1.82) is 5.41 Å². The number of alkyl halides is 2. The molecule has 1 heterocycles. The third-order valence-corrected chi connectivity index (χ3v) is 4.50. The molecule has 0 aliphatic carbocycles. The molecule has 0 aromatic rings. The first-order valence-electron chi connectivity index (χ1n) is 4.21. The van der Waals surface area contributed by atoms with Gasteiger partial charge in [0.05, 0.1) is 0 Å². The Hall–Kier alpha value is -0.0600. The van der Waals surface area contributed by atoms with Gasteiger partial charge in [0.25, 0.3) is 0 Å². The van der Waals surface area contributed by atoms with Gasteiger partial charge in [0.15, 0.2) is 0 Å². The summed E-state index contributed by atoms with van der Waals surface area (Å²) >= 11 is 0.373. The van der Waals surface area contributed by atoms with Gasteiger partial charge >= 0.3 is 84.1 Å². The van der Waals surface area contributed by atoms with Crippen LogP contribution >= 0.6 is 0 Å². The quantitative estimate of drug-likeness (QED) is 0.282. The maximum atomic E-state index is 7.08. The van der Waals surface area contributed by atoms with E-state index in [-0.39, 0.29) is 0 Å². The Morgan fingerprint density at radius 3 is 3.08 bits per heavy atom. The summed E-state index contributed by atoms with van der Waals surface area (Å²) in [6.45, 7) is 3.71. The summed E-state index contributed by atoms with van der Waals surface area (Å²) in [5.74, 6) is 0.473. The molecule has 1 N–H and O–H groups in total. The maximum absolute atomic E-state index is 7.08. The average molecular weight is 280 g/mol. The summed E-state index contributed by atoms with van der Waals surface area (Å²) in [5, 5.41) is 7.08. The normalized spacial score (nSPS) is 21.7. The Labute approximate surface area is 84.1 Å². The van der Waals surface area contributed by atoms with Crippen molar-refractivity contribution >= 4 is 5.90 Å². The van der Waals surface area contributed by atoms with Gasteiger partial charge in [0.1, 0.15) is 0 Å². The molecule has 1 rings (SSSR count). The topological polar surface area (TPSA) is 33.1 Å². The summed E-state index contributed by atoms with van der Waals surface area (Å²) in [6, 6.07) is 0. The average Bonchev–Trinajstić information content (AvgIpc) is 2.00. The fraction of sp³-hybridized carbons (Fsp3) is 0.667. The zero-order chi connectivity index (χ0) is 8.81.